The molecule has 14 heavy (non-hydrogen) atoms. The zero-order chi connectivity index (χ0) is 9.38. The Hall–Kier alpha value is -1.30. The maximum absolute atomic E-state index is 2.43. The molecule has 2 aliphatic rings. The summed E-state index contributed by atoms with van der Waals surface area (Å²) in [5.74, 6) is 0. The molecule has 0 saturated heterocycles. The van der Waals surface area contributed by atoms with Crippen molar-refractivity contribution in [2.45, 2.75) is 25.7 Å². The number of hydrogen-bond donors (Lipinski definition) is 0. The van der Waals surface area contributed by atoms with Gasteiger partial charge in [0.25, 0.3) is 0 Å². The van der Waals surface area contributed by atoms with Gasteiger partial charge in [0.2, 0.25) is 0 Å². The van der Waals surface area contributed by atoms with Gasteiger partial charge < -0.3 is 0 Å². The van der Waals surface area contributed by atoms with Crippen LogP contribution in [0.5, 0.6) is 0 Å². The topological polar surface area (TPSA) is 0 Å². The van der Waals surface area contributed by atoms with Gasteiger partial charge in [-0.2, -0.15) is 0 Å². The van der Waals surface area contributed by atoms with Crippen molar-refractivity contribution in [1.82, 2.24) is 0 Å². The average molecular weight is 182 g/mol. The monoisotopic (exact) mass is 182 g/mol. The third-order valence-corrected chi connectivity index (χ3v) is 3.22. The van der Waals surface area contributed by atoms with E-state index in [4.69, 9.17) is 0 Å². The largest absolute Gasteiger partial charge is 0.0804 e. The summed E-state index contributed by atoms with van der Waals surface area (Å²) >= 11 is 0. The first-order valence-electron chi connectivity index (χ1n) is 5.43. The van der Waals surface area contributed by atoms with Crippen molar-refractivity contribution in [3.05, 3.63) is 53.1 Å². The lowest BCUT2D eigenvalue weighted by Crippen LogP contribution is -1.89. The van der Waals surface area contributed by atoms with E-state index in [-0.39, 0.29) is 0 Å². The summed E-state index contributed by atoms with van der Waals surface area (Å²) in [6.45, 7) is 0. The van der Waals surface area contributed by atoms with Crippen LogP contribution < -0.4 is 0 Å². The molecule has 2 aliphatic carbocycles. The Kier molecular flexibility index (Phi) is 1.80. The summed E-state index contributed by atoms with van der Waals surface area (Å²) in [6, 6.07) is 8.84. The van der Waals surface area contributed by atoms with E-state index in [0.29, 0.717) is 0 Å². The highest BCUT2D eigenvalue weighted by Crippen LogP contribution is 2.37. The van der Waals surface area contributed by atoms with Crippen LogP contribution in [0.25, 0.3) is 5.57 Å². The minimum atomic E-state index is 1.21. The molecule has 0 saturated carbocycles. The third kappa shape index (κ3) is 1.14. The van der Waals surface area contributed by atoms with E-state index in [1.54, 1.807) is 5.57 Å². The summed E-state index contributed by atoms with van der Waals surface area (Å²) in [5, 5.41) is 0. The van der Waals surface area contributed by atoms with E-state index in [2.05, 4.69) is 36.4 Å². The number of fused-ring (bicyclic) bond motifs is 3. The number of benzene rings is 1. The van der Waals surface area contributed by atoms with Crippen molar-refractivity contribution in [2.24, 2.45) is 0 Å². The van der Waals surface area contributed by atoms with E-state index in [9.17, 15) is 0 Å². The molecule has 0 aromatic heterocycles. The molecule has 0 heteroatoms. The molecule has 3 rings (SSSR count). The van der Waals surface area contributed by atoms with Crippen LogP contribution in [-0.4, -0.2) is 0 Å². The predicted molar refractivity (Wildman–Crippen MR) is 60.1 cm³/mol. The standard InChI is InChI=1S/C14H14/c1-2-9-13-11(5-1)6-3-7-12-8-4-10-14(12)13/h1-2,5,7,9-10H,3-4,6,8H2. The van der Waals surface area contributed by atoms with Crippen molar-refractivity contribution in [2.75, 3.05) is 0 Å². The van der Waals surface area contributed by atoms with Crippen molar-refractivity contribution >= 4 is 5.57 Å². The number of hydrogen-bond acceptors (Lipinski definition) is 0. The fourth-order valence-electron chi connectivity index (χ4n) is 2.54. The molecule has 1 aromatic carbocycles. The molecular weight excluding hydrogens is 168 g/mol. The predicted octanol–water partition coefficient (Wildman–Crippen LogP) is 3.74. The van der Waals surface area contributed by atoms with Crippen LogP contribution in [0.1, 0.15) is 30.4 Å². The average Bonchev–Trinajstić information content (AvgIpc) is 2.61. The van der Waals surface area contributed by atoms with Gasteiger partial charge in [0, 0.05) is 0 Å². The molecule has 0 bridgehead atoms. The number of aryl methyl sites for hydroxylation is 1. The Balaban J connectivity index is 2.20. The van der Waals surface area contributed by atoms with E-state index in [1.165, 1.54) is 42.4 Å². The van der Waals surface area contributed by atoms with Crippen LogP contribution in [0.3, 0.4) is 0 Å². The molecule has 1 aromatic rings. The molecule has 0 spiro atoms. The molecule has 0 amide bonds. The van der Waals surface area contributed by atoms with Crippen LogP contribution in [0.15, 0.2) is 42.0 Å². The fraction of sp³-hybridized carbons (Fsp3) is 0.286. The minimum absolute atomic E-state index is 1.21. The van der Waals surface area contributed by atoms with Crippen LogP contribution >= 0.6 is 0 Å². The van der Waals surface area contributed by atoms with Crippen molar-refractivity contribution in [3.63, 3.8) is 0 Å². The van der Waals surface area contributed by atoms with Crippen molar-refractivity contribution in [3.8, 4) is 0 Å². The smallest absolute Gasteiger partial charge is 0.0152 e. The van der Waals surface area contributed by atoms with Gasteiger partial charge in [-0.3, -0.25) is 0 Å². The van der Waals surface area contributed by atoms with Gasteiger partial charge in [-0.25, -0.2) is 0 Å². The van der Waals surface area contributed by atoms with Crippen LogP contribution in [0.4, 0.5) is 0 Å². The maximum Gasteiger partial charge on any atom is -0.0152 e. The van der Waals surface area contributed by atoms with Gasteiger partial charge in [0.05, 0.1) is 0 Å². The molecule has 0 atom stereocenters. The molecule has 0 fully saturated rings. The zero-order valence-electron chi connectivity index (χ0n) is 8.29. The van der Waals surface area contributed by atoms with E-state index in [0.717, 1.165) is 0 Å². The molecule has 70 valence electrons. The molecule has 0 heterocycles. The highest BCUT2D eigenvalue weighted by atomic mass is 14.2. The SMILES string of the molecule is C1=C2CCC=C2c2ccccc2CC1. The lowest BCUT2D eigenvalue weighted by Gasteiger charge is -2.07. The molecule has 0 N–H and O–H groups in total. The first-order chi connectivity index (χ1) is 6.95. The second-order valence-electron chi connectivity index (χ2n) is 4.08. The molecule has 0 nitrogen and oxygen atoms in total. The molecule has 0 unspecified atom stereocenters. The summed E-state index contributed by atoms with van der Waals surface area (Å²) in [7, 11) is 0. The fourth-order valence-corrected chi connectivity index (χ4v) is 2.54. The van der Waals surface area contributed by atoms with Crippen LogP contribution in [-0.2, 0) is 6.42 Å². The van der Waals surface area contributed by atoms with Gasteiger partial charge in [-0.1, -0.05) is 36.4 Å². The van der Waals surface area contributed by atoms with Gasteiger partial charge in [0.15, 0.2) is 0 Å². The first-order valence-corrected chi connectivity index (χ1v) is 5.43. The Morgan fingerprint density at radius 1 is 0.857 bits per heavy atom. The van der Waals surface area contributed by atoms with Crippen molar-refractivity contribution < 1.29 is 0 Å². The Labute approximate surface area is 85.0 Å². The van der Waals surface area contributed by atoms with Gasteiger partial charge in [-0.05, 0) is 48.0 Å². The van der Waals surface area contributed by atoms with Gasteiger partial charge in [0.1, 0.15) is 0 Å². The second kappa shape index (κ2) is 3.13. The quantitative estimate of drug-likeness (QED) is 0.573. The Morgan fingerprint density at radius 3 is 2.71 bits per heavy atom. The third-order valence-electron chi connectivity index (χ3n) is 3.22. The maximum atomic E-state index is 2.43. The number of rotatable bonds is 0. The zero-order valence-corrected chi connectivity index (χ0v) is 8.29. The van der Waals surface area contributed by atoms with E-state index < -0.39 is 0 Å². The number of allylic oxidation sites excluding steroid dienone is 4. The summed E-state index contributed by atoms with van der Waals surface area (Å²) in [6.07, 6.45) is 9.73. The van der Waals surface area contributed by atoms with Crippen LogP contribution in [0, 0.1) is 0 Å². The van der Waals surface area contributed by atoms with Gasteiger partial charge in [-0.15, -0.1) is 0 Å². The first kappa shape index (κ1) is 8.05. The lowest BCUT2D eigenvalue weighted by atomic mass is 9.97. The highest BCUT2D eigenvalue weighted by molar-refractivity contribution is 5.83. The Morgan fingerprint density at radius 2 is 1.71 bits per heavy atom. The van der Waals surface area contributed by atoms with E-state index in [1.807, 2.05) is 0 Å². The lowest BCUT2D eigenvalue weighted by molar-refractivity contribution is 0.982. The van der Waals surface area contributed by atoms with E-state index >= 15 is 0 Å². The minimum Gasteiger partial charge on any atom is -0.0804 e. The summed E-state index contributed by atoms with van der Waals surface area (Å²) in [5.41, 5.74) is 6.09. The normalized spacial score (nSPS) is 19.1. The molecule has 0 radical (unpaired) electrons. The van der Waals surface area contributed by atoms with Crippen molar-refractivity contribution in [1.29, 1.82) is 0 Å². The van der Waals surface area contributed by atoms with Crippen LogP contribution in [0.2, 0.25) is 0 Å². The van der Waals surface area contributed by atoms with Gasteiger partial charge >= 0.3 is 0 Å². The second-order valence-corrected chi connectivity index (χ2v) is 4.08. The molecule has 0 aliphatic heterocycles. The summed E-state index contributed by atoms with van der Waals surface area (Å²) in [4.78, 5) is 0. The Bertz CT molecular complexity index is 421. The molecular formula is C14H14. The highest BCUT2D eigenvalue weighted by Gasteiger charge is 2.17. The summed E-state index contributed by atoms with van der Waals surface area (Å²) < 4.78 is 0.